The van der Waals surface area contributed by atoms with E-state index in [1.807, 2.05) is 0 Å². The van der Waals surface area contributed by atoms with Crippen molar-refractivity contribution in [1.29, 1.82) is 0 Å². The molecule has 4 aromatic rings. The topological polar surface area (TPSA) is 20.2 Å². The van der Waals surface area contributed by atoms with Crippen LogP contribution in [0.4, 0.5) is 0 Å². The van der Waals surface area contributed by atoms with Crippen LogP contribution in [0, 0.1) is 0 Å². The zero-order valence-electron chi connectivity index (χ0n) is 18.1. The number of benzene rings is 4. The van der Waals surface area contributed by atoms with Gasteiger partial charge in [-0.2, -0.15) is 0 Å². The molecule has 0 atom stereocenters. The molecule has 2 aliphatic rings. The molecule has 0 saturated carbocycles. The summed E-state index contributed by atoms with van der Waals surface area (Å²) in [6.07, 6.45) is 0. The van der Waals surface area contributed by atoms with E-state index in [1.54, 1.807) is 0 Å². The second-order valence-corrected chi connectivity index (χ2v) is 8.98. The average Bonchev–Trinajstić information content (AvgIpc) is 3.13. The number of aliphatic hydroxyl groups excluding tert-OH is 1. The lowest BCUT2D eigenvalue weighted by atomic mass is 9.53. The summed E-state index contributed by atoms with van der Waals surface area (Å²) in [4.78, 5) is 0. The molecule has 154 valence electrons. The molecule has 0 heterocycles. The SMILES string of the molecule is C=C(O)C(=C)C1(C)c2ccccc2C2(c3ccccc3-c3ccccc32)c2ccccc21. The molecule has 0 aromatic heterocycles. The second-order valence-electron chi connectivity index (χ2n) is 8.98. The fraction of sp³-hybridized carbons (Fsp3) is 0.0968. The van der Waals surface area contributed by atoms with Crippen molar-refractivity contribution in [1.82, 2.24) is 0 Å². The number of fused-ring (bicyclic) bond motifs is 9. The highest BCUT2D eigenvalue weighted by molar-refractivity contribution is 5.88. The maximum Gasteiger partial charge on any atom is 0.112 e. The van der Waals surface area contributed by atoms with Crippen molar-refractivity contribution in [2.75, 3.05) is 0 Å². The molecule has 4 aromatic carbocycles. The summed E-state index contributed by atoms with van der Waals surface area (Å²) < 4.78 is 0. The van der Waals surface area contributed by atoms with Crippen LogP contribution in [0.3, 0.4) is 0 Å². The standard InChI is InChI=1S/C31H24O/c1-20(21(2)32)30(3)26-16-8-10-18-28(26)31(29-19-11-9-17-27(29)30)24-14-6-4-12-22(24)23-13-5-7-15-25(23)31/h4-19,32H,1-2H2,3H3. The van der Waals surface area contributed by atoms with Crippen LogP contribution in [0.25, 0.3) is 11.1 Å². The van der Waals surface area contributed by atoms with Gasteiger partial charge in [0.05, 0.1) is 5.41 Å². The van der Waals surface area contributed by atoms with E-state index in [1.165, 1.54) is 33.4 Å². The molecule has 1 nitrogen and oxygen atoms in total. The molecular weight excluding hydrogens is 388 g/mol. The van der Waals surface area contributed by atoms with Gasteiger partial charge in [-0.3, -0.25) is 0 Å². The number of hydrogen-bond acceptors (Lipinski definition) is 1. The summed E-state index contributed by atoms with van der Waals surface area (Å²) in [6, 6.07) is 34.8. The minimum atomic E-state index is -0.587. The van der Waals surface area contributed by atoms with E-state index in [0.717, 1.165) is 11.1 Å². The van der Waals surface area contributed by atoms with Gasteiger partial charge in [0.1, 0.15) is 5.76 Å². The lowest BCUT2D eigenvalue weighted by molar-refractivity contribution is 0.405. The van der Waals surface area contributed by atoms with Crippen LogP contribution in [0.5, 0.6) is 0 Å². The summed E-state index contributed by atoms with van der Waals surface area (Å²) in [7, 11) is 0. The van der Waals surface area contributed by atoms with E-state index in [4.69, 9.17) is 0 Å². The van der Waals surface area contributed by atoms with Crippen molar-refractivity contribution in [3.63, 3.8) is 0 Å². The van der Waals surface area contributed by atoms with Crippen molar-refractivity contribution in [3.8, 4) is 11.1 Å². The molecule has 0 aliphatic heterocycles. The summed E-state index contributed by atoms with van der Waals surface area (Å²) in [5.41, 5.74) is 9.58. The lowest BCUT2D eigenvalue weighted by Crippen LogP contribution is -2.43. The van der Waals surface area contributed by atoms with E-state index in [0.29, 0.717) is 5.57 Å². The maximum atomic E-state index is 10.5. The third-order valence-electron chi connectivity index (χ3n) is 7.64. The van der Waals surface area contributed by atoms with Gasteiger partial charge in [-0.05, 0) is 51.4 Å². The highest BCUT2D eigenvalue weighted by atomic mass is 16.3. The van der Waals surface area contributed by atoms with E-state index in [2.05, 4.69) is 117 Å². The molecule has 2 aliphatic carbocycles. The first kappa shape index (κ1) is 18.9. The minimum Gasteiger partial charge on any atom is -0.508 e. The van der Waals surface area contributed by atoms with Gasteiger partial charge < -0.3 is 5.11 Å². The molecule has 0 saturated heterocycles. The molecule has 0 radical (unpaired) electrons. The summed E-state index contributed by atoms with van der Waals surface area (Å²) >= 11 is 0. The third kappa shape index (κ3) is 2.04. The normalized spacial score (nSPS) is 15.9. The molecule has 1 spiro atoms. The minimum absolute atomic E-state index is 0.0280. The molecule has 0 unspecified atom stereocenters. The molecule has 0 amide bonds. The Morgan fingerprint density at radius 3 is 1.31 bits per heavy atom. The molecule has 6 rings (SSSR count). The highest BCUT2D eigenvalue weighted by Crippen LogP contribution is 2.63. The first-order valence-electron chi connectivity index (χ1n) is 11.0. The molecule has 32 heavy (non-hydrogen) atoms. The second kappa shape index (κ2) is 6.34. The number of aliphatic hydroxyl groups is 1. The van der Waals surface area contributed by atoms with Gasteiger partial charge >= 0.3 is 0 Å². The number of rotatable bonds is 2. The Balaban J connectivity index is 1.85. The van der Waals surface area contributed by atoms with Crippen molar-refractivity contribution in [3.05, 3.63) is 155 Å². The Kier molecular flexibility index (Phi) is 3.74. The molecule has 0 fully saturated rings. The zero-order chi connectivity index (χ0) is 22.1. The van der Waals surface area contributed by atoms with Crippen LogP contribution in [-0.2, 0) is 10.8 Å². The van der Waals surface area contributed by atoms with Gasteiger partial charge in [-0.25, -0.2) is 0 Å². The van der Waals surface area contributed by atoms with Crippen molar-refractivity contribution < 1.29 is 5.11 Å². The Morgan fingerprint density at radius 1 is 0.562 bits per heavy atom. The first-order chi connectivity index (χ1) is 15.5. The van der Waals surface area contributed by atoms with E-state index in [-0.39, 0.29) is 5.76 Å². The van der Waals surface area contributed by atoms with Crippen LogP contribution in [0.2, 0.25) is 0 Å². The van der Waals surface area contributed by atoms with Gasteiger partial charge in [0.15, 0.2) is 0 Å². The van der Waals surface area contributed by atoms with Gasteiger partial charge in [0.2, 0.25) is 0 Å². The number of hydrogen-bond donors (Lipinski definition) is 1. The van der Waals surface area contributed by atoms with Crippen LogP contribution in [0.15, 0.2) is 122 Å². The quantitative estimate of drug-likeness (QED) is 0.238. The van der Waals surface area contributed by atoms with Gasteiger partial charge in [-0.1, -0.05) is 110 Å². The predicted molar refractivity (Wildman–Crippen MR) is 131 cm³/mol. The monoisotopic (exact) mass is 412 g/mol. The van der Waals surface area contributed by atoms with Crippen molar-refractivity contribution in [2.24, 2.45) is 0 Å². The summed E-state index contributed by atoms with van der Waals surface area (Å²) in [6.45, 7) is 10.3. The van der Waals surface area contributed by atoms with E-state index in [9.17, 15) is 5.11 Å². The molecule has 1 N–H and O–H groups in total. The predicted octanol–water partition coefficient (Wildman–Crippen LogP) is 7.30. The largest absolute Gasteiger partial charge is 0.508 e. The maximum absolute atomic E-state index is 10.5. The van der Waals surface area contributed by atoms with Crippen LogP contribution < -0.4 is 0 Å². The van der Waals surface area contributed by atoms with Gasteiger partial charge in [0, 0.05) is 11.0 Å². The lowest BCUT2D eigenvalue weighted by Gasteiger charge is -2.48. The fourth-order valence-electron chi connectivity index (χ4n) is 6.21. The van der Waals surface area contributed by atoms with Crippen LogP contribution >= 0.6 is 0 Å². The Labute approximate surface area is 189 Å². The fourth-order valence-corrected chi connectivity index (χ4v) is 6.21. The summed E-state index contributed by atoms with van der Waals surface area (Å²) in [5.74, 6) is 0.0280. The summed E-state index contributed by atoms with van der Waals surface area (Å²) in [5, 5.41) is 10.5. The highest BCUT2D eigenvalue weighted by Gasteiger charge is 2.54. The van der Waals surface area contributed by atoms with Crippen molar-refractivity contribution >= 4 is 0 Å². The van der Waals surface area contributed by atoms with Gasteiger partial charge in [0.25, 0.3) is 0 Å². The Bertz CT molecular complexity index is 1340. The van der Waals surface area contributed by atoms with Crippen LogP contribution in [0.1, 0.15) is 40.3 Å². The van der Waals surface area contributed by atoms with Gasteiger partial charge in [-0.15, -0.1) is 0 Å². The molecule has 1 heteroatoms. The first-order valence-corrected chi connectivity index (χ1v) is 11.0. The van der Waals surface area contributed by atoms with E-state index >= 15 is 0 Å². The van der Waals surface area contributed by atoms with Crippen LogP contribution in [-0.4, -0.2) is 5.11 Å². The Hall–Kier alpha value is -3.84. The molecule has 0 bridgehead atoms. The zero-order valence-corrected chi connectivity index (χ0v) is 18.1. The molecular formula is C31H24O. The van der Waals surface area contributed by atoms with E-state index < -0.39 is 10.8 Å². The average molecular weight is 413 g/mol. The Morgan fingerprint density at radius 2 is 0.906 bits per heavy atom. The third-order valence-corrected chi connectivity index (χ3v) is 7.64. The smallest absolute Gasteiger partial charge is 0.112 e. The number of allylic oxidation sites excluding steroid dienone is 1. The van der Waals surface area contributed by atoms with Crippen molar-refractivity contribution in [2.45, 2.75) is 17.8 Å².